The third-order valence-electron chi connectivity index (χ3n) is 3.07. The number of rotatable bonds is 2. The summed E-state index contributed by atoms with van der Waals surface area (Å²) in [5.74, 6) is -0.548. The van der Waals surface area contributed by atoms with Crippen LogP contribution in [-0.2, 0) is 4.79 Å². The number of ether oxygens (including phenoxy) is 1. The van der Waals surface area contributed by atoms with Gasteiger partial charge in [-0.05, 0) is 24.6 Å². The monoisotopic (exact) mass is 222 g/mol. The molecule has 1 aliphatic heterocycles. The van der Waals surface area contributed by atoms with Gasteiger partial charge in [-0.25, -0.2) is 0 Å². The molecule has 0 fully saturated rings. The van der Waals surface area contributed by atoms with Crippen molar-refractivity contribution in [3.63, 3.8) is 0 Å². The Balaban J connectivity index is 2.38. The Morgan fingerprint density at radius 2 is 2.31 bits per heavy atom. The molecule has 86 valence electrons. The Labute approximate surface area is 93.5 Å². The van der Waals surface area contributed by atoms with Gasteiger partial charge in [0.05, 0.1) is 12.5 Å². The summed E-state index contributed by atoms with van der Waals surface area (Å²) in [6.45, 7) is 2.21. The SMILES string of the molecule is CC(C(=O)O)C1CCOc2ccc(O)cc21. The zero-order chi connectivity index (χ0) is 11.7. The minimum atomic E-state index is -0.818. The second-order valence-electron chi connectivity index (χ2n) is 4.09. The maximum absolute atomic E-state index is 11.0. The maximum atomic E-state index is 11.0. The van der Waals surface area contributed by atoms with Crippen LogP contribution in [0.1, 0.15) is 24.8 Å². The fourth-order valence-corrected chi connectivity index (χ4v) is 2.10. The van der Waals surface area contributed by atoms with Gasteiger partial charge < -0.3 is 14.9 Å². The number of carboxylic acid groups (broad SMARTS) is 1. The lowest BCUT2D eigenvalue weighted by Gasteiger charge is -2.28. The van der Waals surface area contributed by atoms with Crippen molar-refractivity contribution in [2.24, 2.45) is 5.92 Å². The summed E-state index contributed by atoms with van der Waals surface area (Å²) >= 11 is 0. The molecular formula is C12H14O4. The number of phenols is 1. The summed E-state index contributed by atoms with van der Waals surface area (Å²) in [6, 6.07) is 4.83. The molecular weight excluding hydrogens is 208 g/mol. The van der Waals surface area contributed by atoms with Crippen LogP contribution in [0.4, 0.5) is 0 Å². The zero-order valence-electron chi connectivity index (χ0n) is 9.01. The Kier molecular flexibility index (Phi) is 2.73. The lowest BCUT2D eigenvalue weighted by molar-refractivity contribution is -0.142. The quantitative estimate of drug-likeness (QED) is 0.802. The molecule has 1 aromatic carbocycles. The van der Waals surface area contributed by atoms with Crippen LogP contribution in [0, 0.1) is 5.92 Å². The number of fused-ring (bicyclic) bond motifs is 1. The smallest absolute Gasteiger partial charge is 0.306 e. The van der Waals surface area contributed by atoms with Gasteiger partial charge in [0.25, 0.3) is 0 Å². The van der Waals surface area contributed by atoms with Gasteiger partial charge in [-0.3, -0.25) is 4.79 Å². The first-order chi connectivity index (χ1) is 7.59. The number of carbonyl (C=O) groups is 1. The van der Waals surface area contributed by atoms with E-state index in [0.717, 1.165) is 5.56 Å². The third kappa shape index (κ3) is 1.83. The molecule has 0 radical (unpaired) electrons. The number of benzene rings is 1. The number of hydrogen-bond acceptors (Lipinski definition) is 3. The van der Waals surface area contributed by atoms with E-state index in [-0.39, 0.29) is 11.7 Å². The molecule has 1 heterocycles. The maximum Gasteiger partial charge on any atom is 0.306 e. The number of aromatic hydroxyl groups is 1. The predicted molar refractivity (Wildman–Crippen MR) is 57.8 cm³/mol. The fourth-order valence-electron chi connectivity index (χ4n) is 2.10. The topological polar surface area (TPSA) is 66.8 Å². The van der Waals surface area contributed by atoms with Gasteiger partial charge in [0.2, 0.25) is 0 Å². The molecule has 4 heteroatoms. The van der Waals surface area contributed by atoms with Gasteiger partial charge in [-0.1, -0.05) is 6.92 Å². The highest BCUT2D eigenvalue weighted by Crippen LogP contribution is 2.39. The molecule has 1 aliphatic rings. The minimum absolute atomic E-state index is 0.0895. The van der Waals surface area contributed by atoms with Crippen LogP contribution >= 0.6 is 0 Å². The van der Waals surface area contributed by atoms with Gasteiger partial charge in [-0.2, -0.15) is 0 Å². The Morgan fingerprint density at radius 1 is 1.56 bits per heavy atom. The standard InChI is InChI=1S/C12H14O4/c1-7(12(14)15)9-4-5-16-11-3-2-8(13)6-10(9)11/h2-3,6-7,9,13H,4-5H2,1H3,(H,14,15). The van der Waals surface area contributed by atoms with Crippen LogP contribution in [0.5, 0.6) is 11.5 Å². The van der Waals surface area contributed by atoms with E-state index in [1.54, 1.807) is 25.1 Å². The van der Waals surface area contributed by atoms with E-state index < -0.39 is 11.9 Å². The normalized spacial score (nSPS) is 20.7. The summed E-state index contributed by atoms with van der Waals surface area (Å²) in [7, 11) is 0. The van der Waals surface area contributed by atoms with E-state index in [9.17, 15) is 9.90 Å². The second-order valence-corrected chi connectivity index (χ2v) is 4.09. The highest BCUT2D eigenvalue weighted by Gasteiger charge is 2.30. The van der Waals surface area contributed by atoms with E-state index in [1.807, 2.05) is 0 Å². The number of aliphatic carboxylic acids is 1. The molecule has 0 aromatic heterocycles. The zero-order valence-corrected chi connectivity index (χ0v) is 9.01. The third-order valence-corrected chi connectivity index (χ3v) is 3.07. The van der Waals surface area contributed by atoms with Crippen molar-refractivity contribution >= 4 is 5.97 Å². The average Bonchev–Trinajstić information content (AvgIpc) is 2.27. The molecule has 16 heavy (non-hydrogen) atoms. The molecule has 2 atom stereocenters. The van der Waals surface area contributed by atoms with Crippen molar-refractivity contribution in [2.45, 2.75) is 19.3 Å². The number of carboxylic acids is 1. The van der Waals surface area contributed by atoms with Gasteiger partial charge in [0, 0.05) is 11.5 Å². The molecule has 0 bridgehead atoms. The van der Waals surface area contributed by atoms with Crippen LogP contribution in [-0.4, -0.2) is 22.8 Å². The van der Waals surface area contributed by atoms with Gasteiger partial charge in [-0.15, -0.1) is 0 Å². The van der Waals surface area contributed by atoms with E-state index in [2.05, 4.69) is 0 Å². The highest BCUT2D eigenvalue weighted by molar-refractivity contribution is 5.71. The largest absolute Gasteiger partial charge is 0.508 e. The summed E-state index contributed by atoms with van der Waals surface area (Å²) in [4.78, 5) is 11.0. The predicted octanol–water partition coefficient (Wildman–Crippen LogP) is 1.98. The summed E-state index contributed by atoms with van der Waals surface area (Å²) < 4.78 is 5.43. The second kappa shape index (κ2) is 4.04. The van der Waals surface area contributed by atoms with Crippen molar-refractivity contribution < 1.29 is 19.7 Å². The number of phenolic OH excluding ortho intramolecular Hbond substituents is 1. The lowest BCUT2D eigenvalue weighted by Crippen LogP contribution is -2.24. The lowest BCUT2D eigenvalue weighted by atomic mass is 9.83. The van der Waals surface area contributed by atoms with Crippen LogP contribution in [0.25, 0.3) is 0 Å². The van der Waals surface area contributed by atoms with Crippen molar-refractivity contribution in [1.82, 2.24) is 0 Å². The molecule has 2 rings (SSSR count). The molecule has 0 aliphatic carbocycles. The van der Waals surface area contributed by atoms with Crippen LogP contribution in [0.15, 0.2) is 18.2 Å². The van der Waals surface area contributed by atoms with E-state index in [1.165, 1.54) is 0 Å². The Hall–Kier alpha value is -1.71. The molecule has 0 amide bonds. The van der Waals surface area contributed by atoms with E-state index in [0.29, 0.717) is 18.8 Å². The van der Waals surface area contributed by atoms with Crippen LogP contribution in [0.3, 0.4) is 0 Å². The molecule has 1 aromatic rings. The molecule has 0 spiro atoms. The first-order valence-electron chi connectivity index (χ1n) is 5.28. The molecule has 2 unspecified atom stereocenters. The Morgan fingerprint density at radius 3 is 3.00 bits per heavy atom. The van der Waals surface area contributed by atoms with Crippen molar-refractivity contribution in [3.8, 4) is 11.5 Å². The van der Waals surface area contributed by atoms with E-state index >= 15 is 0 Å². The van der Waals surface area contributed by atoms with Crippen LogP contribution in [0.2, 0.25) is 0 Å². The highest BCUT2D eigenvalue weighted by atomic mass is 16.5. The molecule has 4 nitrogen and oxygen atoms in total. The molecule has 0 saturated heterocycles. The van der Waals surface area contributed by atoms with Gasteiger partial charge in [0.15, 0.2) is 0 Å². The number of hydrogen-bond donors (Lipinski definition) is 2. The molecule has 2 N–H and O–H groups in total. The van der Waals surface area contributed by atoms with Crippen molar-refractivity contribution in [2.75, 3.05) is 6.61 Å². The first-order valence-corrected chi connectivity index (χ1v) is 5.28. The summed E-state index contributed by atoms with van der Waals surface area (Å²) in [6.07, 6.45) is 0.671. The molecule has 0 saturated carbocycles. The van der Waals surface area contributed by atoms with E-state index in [4.69, 9.17) is 9.84 Å². The van der Waals surface area contributed by atoms with Gasteiger partial charge >= 0.3 is 5.97 Å². The summed E-state index contributed by atoms with van der Waals surface area (Å²) in [5.41, 5.74) is 0.793. The van der Waals surface area contributed by atoms with Gasteiger partial charge in [0.1, 0.15) is 11.5 Å². The first kappa shape index (κ1) is 10.8. The summed E-state index contributed by atoms with van der Waals surface area (Å²) in [5, 5.41) is 18.4. The van der Waals surface area contributed by atoms with Crippen molar-refractivity contribution in [1.29, 1.82) is 0 Å². The van der Waals surface area contributed by atoms with Crippen LogP contribution < -0.4 is 4.74 Å². The Bertz CT molecular complexity index is 413. The van der Waals surface area contributed by atoms with Crippen molar-refractivity contribution in [3.05, 3.63) is 23.8 Å². The average molecular weight is 222 g/mol. The minimum Gasteiger partial charge on any atom is -0.508 e. The fraction of sp³-hybridized carbons (Fsp3) is 0.417.